The second-order valence-electron chi connectivity index (χ2n) is 5.78. The third-order valence-corrected chi connectivity index (χ3v) is 4.59. The molecule has 1 aromatic carbocycles. The van der Waals surface area contributed by atoms with Gasteiger partial charge in [-0.25, -0.2) is 0 Å². The number of thioether (sulfide) groups is 1. The molecule has 2 aromatic rings. The summed E-state index contributed by atoms with van der Waals surface area (Å²) in [6, 6.07) is 11.0. The number of pyridine rings is 1. The Labute approximate surface area is 155 Å². The zero-order valence-corrected chi connectivity index (χ0v) is 15.0. The van der Waals surface area contributed by atoms with Crippen LogP contribution >= 0.6 is 11.8 Å². The number of ether oxygens (including phenoxy) is 1. The molecule has 0 aliphatic carbocycles. The molecule has 134 valence electrons. The Morgan fingerprint density at radius 2 is 2.00 bits per heavy atom. The van der Waals surface area contributed by atoms with Crippen LogP contribution in [0.5, 0.6) is 5.75 Å². The third kappa shape index (κ3) is 4.71. The molecule has 1 fully saturated rings. The van der Waals surface area contributed by atoms with Gasteiger partial charge in [0.1, 0.15) is 5.75 Å². The molecule has 2 N–H and O–H groups in total. The topological polar surface area (TPSA) is 88.5 Å². The lowest BCUT2D eigenvalue weighted by molar-refractivity contribution is -0.115. The van der Waals surface area contributed by atoms with Gasteiger partial charge in [0.2, 0.25) is 0 Å². The van der Waals surface area contributed by atoms with Crippen LogP contribution in [-0.2, 0) is 11.2 Å². The van der Waals surface area contributed by atoms with Crippen LogP contribution in [-0.4, -0.2) is 27.8 Å². The van der Waals surface area contributed by atoms with E-state index in [1.54, 1.807) is 19.2 Å². The minimum atomic E-state index is -0.520. The highest BCUT2D eigenvalue weighted by molar-refractivity contribution is 8.18. The fourth-order valence-electron chi connectivity index (χ4n) is 2.34. The first kappa shape index (κ1) is 18.2. The van der Waals surface area contributed by atoms with Crippen molar-refractivity contribution >= 4 is 29.0 Å². The number of aliphatic hydroxyl groups is 1. The molecule has 1 aromatic heterocycles. The lowest BCUT2D eigenvalue weighted by Gasteiger charge is -2.08. The van der Waals surface area contributed by atoms with Crippen LogP contribution in [0.1, 0.15) is 29.8 Å². The number of rotatable bonds is 6. The van der Waals surface area contributed by atoms with E-state index in [4.69, 9.17) is 4.74 Å². The van der Waals surface area contributed by atoms with Gasteiger partial charge < -0.3 is 9.84 Å². The molecule has 2 amide bonds. The van der Waals surface area contributed by atoms with Gasteiger partial charge in [0.15, 0.2) is 0 Å². The molecule has 0 bridgehead atoms. The van der Waals surface area contributed by atoms with Crippen LogP contribution in [0.2, 0.25) is 0 Å². The summed E-state index contributed by atoms with van der Waals surface area (Å²) in [4.78, 5) is 27.4. The summed E-state index contributed by atoms with van der Waals surface area (Å²) in [5, 5.41) is 11.3. The zero-order chi connectivity index (χ0) is 18.5. The lowest BCUT2D eigenvalue weighted by atomic mass is 10.1. The molecule has 1 aliphatic rings. The molecular formula is C19H18N2O4S. The third-order valence-electron chi connectivity index (χ3n) is 3.78. The van der Waals surface area contributed by atoms with Crippen molar-refractivity contribution in [2.75, 3.05) is 6.61 Å². The first-order chi connectivity index (χ1) is 12.5. The number of amides is 2. The average Bonchev–Trinajstić information content (AvgIpc) is 2.94. The van der Waals surface area contributed by atoms with Crippen LogP contribution in [0.3, 0.4) is 0 Å². The van der Waals surface area contributed by atoms with Crippen molar-refractivity contribution in [1.82, 2.24) is 10.3 Å². The number of aromatic nitrogens is 1. The number of nitrogens with zero attached hydrogens (tertiary/aromatic N) is 1. The Bertz CT molecular complexity index is 830. The fraction of sp³-hybridized carbons (Fsp3) is 0.211. The maximum atomic E-state index is 11.5. The Morgan fingerprint density at radius 1 is 1.23 bits per heavy atom. The smallest absolute Gasteiger partial charge is 0.290 e. The molecule has 1 saturated heterocycles. The predicted octanol–water partition coefficient (Wildman–Crippen LogP) is 3.08. The van der Waals surface area contributed by atoms with Crippen molar-refractivity contribution in [3.63, 3.8) is 0 Å². The number of hydrogen-bond acceptors (Lipinski definition) is 6. The van der Waals surface area contributed by atoms with Gasteiger partial charge >= 0.3 is 0 Å². The molecule has 6 nitrogen and oxygen atoms in total. The largest absolute Gasteiger partial charge is 0.493 e. The summed E-state index contributed by atoms with van der Waals surface area (Å²) in [6.45, 7) is 2.18. The predicted molar refractivity (Wildman–Crippen MR) is 99.6 cm³/mol. The van der Waals surface area contributed by atoms with E-state index in [9.17, 15) is 14.7 Å². The summed E-state index contributed by atoms with van der Waals surface area (Å²) in [7, 11) is 0. The molecule has 3 rings (SSSR count). The Morgan fingerprint density at radius 3 is 2.58 bits per heavy atom. The molecule has 7 heteroatoms. The Balaban J connectivity index is 1.52. The van der Waals surface area contributed by atoms with E-state index in [-0.39, 0.29) is 11.1 Å². The van der Waals surface area contributed by atoms with Gasteiger partial charge in [-0.3, -0.25) is 19.9 Å². The standard InChI is InChI=1S/C19H18N2O4S/c1-12(22)14-4-5-15(20-11-14)8-9-25-16-6-2-13(3-7-16)10-17-18(23)21-19(24)26-17/h2-7,10-12,22H,8-9H2,1H3,(H,21,23,24). The molecule has 1 unspecified atom stereocenters. The number of hydrogen-bond donors (Lipinski definition) is 2. The number of carbonyl (C=O) groups excluding carboxylic acids is 2. The number of nitrogens with one attached hydrogen (secondary N) is 1. The maximum absolute atomic E-state index is 11.5. The first-order valence-corrected chi connectivity index (χ1v) is 8.93. The Hall–Kier alpha value is -2.64. The summed E-state index contributed by atoms with van der Waals surface area (Å²) in [5.41, 5.74) is 2.50. The van der Waals surface area contributed by atoms with Crippen LogP contribution in [0, 0.1) is 0 Å². The fourth-order valence-corrected chi connectivity index (χ4v) is 3.02. The minimum absolute atomic E-state index is 0.351. The van der Waals surface area contributed by atoms with Crippen molar-refractivity contribution in [2.45, 2.75) is 19.4 Å². The number of benzene rings is 1. The van der Waals surface area contributed by atoms with Gasteiger partial charge in [-0.2, -0.15) is 0 Å². The zero-order valence-electron chi connectivity index (χ0n) is 14.1. The van der Waals surface area contributed by atoms with Crippen molar-refractivity contribution < 1.29 is 19.4 Å². The minimum Gasteiger partial charge on any atom is -0.493 e. The summed E-state index contributed by atoms with van der Waals surface area (Å²) < 4.78 is 5.70. The molecule has 2 heterocycles. The highest BCUT2D eigenvalue weighted by Crippen LogP contribution is 2.26. The quantitative estimate of drug-likeness (QED) is 0.760. The molecular weight excluding hydrogens is 352 g/mol. The molecule has 1 aliphatic heterocycles. The van der Waals surface area contributed by atoms with Gasteiger partial charge in [-0.05, 0) is 54.1 Å². The van der Waals surface area contributed by atoms with Gasteiger partial charge in [0, 0.05) is 18.3 Å². The second kappa shape index (κ2) is 8.16. The van der Waals surface area contributed by atoms with Crippen LogP contribution in [0.15, 0.2) is 47.5 Å². The Kier molecular flexibility index (Phi) is 5.70. The SMILES string of the molecule is CC(O)c1ccc(CCOc2ccc(C=C3SC(=O)NC3=O)cc2)nc1. The monoisotopic (exact) mass is 370 g/mol. The van der Waals surface area contributed by atoms with E-state index in [0.717, 1.165) is 28.6 Å². The van der Waals surface area contributed by atoms with E-state index >= 15 is 0 Å². The molecule has 1 atom stereocenters. The highest BCUT2D eigenvalue weighted by atomic mass is 32.2. The van der Waals surface area contributed by atoms with E-state index < -0.39 is 6.10 Å². The summed E-state index contributed by atoms with van der Waals surface area (Å²) in [6.07, 6.45) is 3.48. The van der Waals surface area contributed by atoms with Gasteiger partial charge in [0.05, 0.1) is 17.6 Å². The summed E-state index contributed by atoms with van der Waals surface area (Å²) in [5.74, 6) is 0.349. The van der Waals surface area contributed by atoms with Crippen LogP contribution in [0.25, 0.3) is 6.08 Å². The maximum Gasteiger partial charge on any atom is 0.290 e. The van der Waals surface area contributed by atoms with Crippen LogP contribution < -0.4 is 10.1 Å². The van der Waals surface area contributed by atoms with E-state index in [2.05, 4.69) is 10.3 Å². The molecule has 0 radical (unpaired) electrons. The van der Waals surface area contributed by atoms with Gasteiger partial charge in [0.25, 0.3) is 11.1 Å². The number of imide groups is 1. The van der Waals surface area contributed by atoms with E-state index in [1.807, 2.05) is 36.4 Å². The van der Waals surface area contributed by atoms with Crippen LogP contribution in [0.4, 0.5) is 4.79 Å². The molecule has 0 saturated carbocycles. The van der Waals surface area contributed by atoms with Gasteiger partial charge in [-0.15, -0.1) is 0 Å². The highest BCUT2D eigenvalue weighted by Gasteiger charge is 2.24. The van der Waals surface area contributed by atoms with Crippen molar-refractivity contribution in [2.24, 2.45) is 0 Å². The average molecular weight is 370 g/mol. The van der Waals surface area contributed by atoms with Crippen molar-refractivity contribution in [3.8, 4) is 5.75 Å². The number of carbonyl (C=O) groups is 2. The first-order valence-electron chi connectivity index (χ1n) is 8.12. The van der Waals surface area contributed by atoms with Gasteiger partial charge in [-0.1, -0.05) is 18.2 Å². The molecule has 0 spiro atoms. The van der Waals surface area contributed by atoms with Crippen molar-refractivity contribution in [3.05, 3.63) is 64.3 Å². The second-order valence-corrected chi connectivity index (χ2v) is 6.79. The van der Waals surface area contributed by atoms with E-state index in [1.165, 1.54) is 0 Å². The number of aliphatic hydroxyl groups excluding tert-OH is 1. The lowest BCUT2D eigenvalue weighted by Crippen LogP contribution is -2.17. The molecule has 26 heavy (non-hydrogen) atoms. The normalized spacial score (nSPS) is 16.6. The summed E-state index contributed by atoms with van der Waals surface area (Å²) >= 11 is 0.895. The van der Waals surface area contributed by atoms with Crippen molar-refractivity contribution in [1.29, 1.82) is 0 Å². The van der Waals surface area contributed by atoms with E-state index in [0.29, 0.717) is 23.7 Å².